The SMILES string of the molecule is CN(C(=O)c1cn[nH]c1C1CCN(C(=O)C[C@H]2CCCCO2)CC1)C1CCCCC1. The number of nitrogens with one attached hydrogen (secondary N) is 1. The Balaban J connectivity index is 1.32. The average Bonchev–Trinajstić information content (AvgIpc) is 3.29. The van der Waals surface area contributed by atoms with E-state index in [4.69, 9.17) is 4.74 Å². The molecule has 1 aliphatic carbocycles. The van der Waals surface area contributed by atoms with Gasteiger partial charge >= 0.3 is 0 Å². The standard InChI is InChI=1S/C23H36N4O3/c1-26(18-7-3-2-4-8-18)23(29)20-16-24-25-22(20)17-10-12-27(13-11-17)21(28)15-19-9-5-6-14-30-19/h16-19H,2-15H2,1H3,(H,24,25)/t19-/m1/s1. The molecule has 3 aliphatic rings. The number of hydrogen-bond donors (Lipinski definition) is 1. The van der Waals surface area contributed by atoms with Gasteiger partial charge in [0, 0.05) is 38.7 Å². The number of hydrogen-bond acceptors (Lipinski definition) is 4. The number of ether oxygens (including phenoxy) is 1. The molecular formula is C23H36N4O3. The van der Waals surface area contributed by atoms with E-state index >= 15 is 0 Å². The summed E-state index contributed by atoms with van der Waals surface area (Å²) in [7, 11) is 1.93. The molecule has 3 heterocycles. The molecule has 0 bridgehead atoms. The number of rotatable bonds is 5. The summed E-state index contributed by atoms with van der Waals surface area (Å²) < 4.78 is 5.73. The third-order valence-corrected chi connectivity index (χ3v) is 7.27. The van der Waals surface area contributed by atoms with Crippen molar-refractivity contribution in [3.05, 3.63) is 17.5 Å². The molecule has 30 heavy (non-hydrogen) atoms. The van der Waals surface area contributed by atoms with Crippen LogP contribution in [0, 0.1) is 0 Å². The van der Waals surface area contributed by atoms with E-state index < -0.39 is 0 Å². The van der Waals surface area contributed by atoms with Crippen LogP contribution in [0.5, 0.6) is 0 Å². The number of amides is 2. The fourth-order valence-electron chi connectivity index (χ4n) is 5.31. The van der Waals surface area contributed by atoms with E-state index in [1.807, 2.05) is 16.8 Å². The van der Waals surface area contributed by atoms with Crippen molar-refractivity contribution < 1.29 is 14.3 Å². The normalized spacial score (nSPS) is 24.0. The predicted molar refractivity (Wildman–Crippen MR) is 114 cm³/mol. The van der Waals surface area contributed by atoms with Crippen molar-refractivity contribution in [3.63, 3.8) is 0 Å². The van der Waals surface area contributed by atoms with Gasteiger partial charge in [-0.3, -0.25) is 14.7 Å². The lowest BCUT2D eigenvalue weighted by Gasteiger charge is -2.34. The number of H-pyrrole nitrogens is 1. The summed E-state index contributed by atoms with van der Waals surface area (Å²) >= 11 is 0. The highest BCUT2D eigenvalue weighted by atomic mass is 16.5. The lowest BCUT2D eigenvalue weighted by atomic mass is 9.90. The van der Waals surface area contributed by atoms with Gasteiger partial charge in [0.05, 0.1) is 30.0 Å². The first-order valence-corrected chi connectivity index (χ1v) is 11.8. The van der Waals surface area contributed by atoms with Gasteiger partial charge in [0.25, 0.3) is 5.91 Å². The minimum Gasteiger partial charge on any atom is -0.378 e. The van der Waals surface area contributed by atoms with Gasteiger partial charge in [-0.1, -0.05) is 19.3 Å². The molecule has 1 atom stereocenters. The summed E-state index contributed by atoms with van der Waals surface area (Å²) in [4.78, 5) is 29.7. The molecule has 2 saturated heterocycles. The Morgan fingerprint density at radius 2 is 1.83 bits per heavy atom. The molecule has 3 fully saturated rings. The molecule has 4 rings (SSSR count). The van der Waals surface area contributed by atoms with Gasteiger partial charge in [-0.2, -0.15) is 5.10 Å². The second-order valence-corrected chi connectivity index (χ2v) is 9.25. The second kappa shape index (κ2) is 9.94. The fraction of sp³-hybridized carbons (Fsp3) is 0.783. The van der Waals surface area contributed by atoms with Crippen LogP contribution in [0.1, 0.15) is 92.6 Å². The highest BCUT2D eigenvalue weighted by Gasteiger charge is 2.31. The first-order chi connectivity index (χ1) is 14.6. The van der Waals surface area contributed by atoms with Crippen LogP contribution in [0.2, 0.25) is 0 Å². The quantitative estimate of drug-likeness (QED) is 0.797. The summed E-state index contributed by atoms with van der Waals surface area (Å²) in [6.45, 7) is 2.26. The van der Waals surface area contributed by atoms with Crippen molar-refractivity contribution in [1.29, 1.82) is 0 Å². The fourth-order valence-corrected chi connectivity index (χ4v) is 5.31. The van der Waals surface area contributed by atoms with E-state index in [0.29, 0.717) is 18.0 Å². The van der Waals surface area contributed by atoms with Crippen LogP contribution in [-0.4, -0.2) is 70.7 Å². The van der Waals surface area contributed by atoms with Crippen LogP contribution in [0.25, 0.3) is 0 Å². The molecule has 2 amide bonds. The Hall–Kier alpha value is -1.89. The minimum atomic E-state index is 0.0820. The first kappa shape index (κ1) is 21.3. The first-order valence-electron chi connectivity index (χ1n) is 11.8. The van der Waals surface area contributed by atoms with E-state index in [9.17, 15) is 9.59 Å². The van der Waals surface area contributed by atoms with E-state index in [1.54, 1.807) is 6.20 Å². The van der Waals surface area contributed by atoms with Crippen LogP contribution in [0.15, 0.2) is 6.20 Å². The molecule has 1 aromatic heterocycles. The van der Waals surface area contributed by atoms with Crippen molar-refractivity contribution >= 4 is 11.8 Å². The highest BCUT2D eigenvalue weighted by molar-refractivity contribution is 5.95. The third-order valence-electron chi connectivity index (χ3n) is 7.27. The van der Waals surface area contributed by atoms with Crippen LogP contribution < -0.4 is 0 Å². The smallest absolute Gasteiger partial charge is 0.257 e. The molecule has 7 nitrogen and oxygen atoms in total. The Morgan fingerprint density at radius 3 is 2.53 bits per heavy atom. The number of nitrogens with zero attached hydrogens (tertiary/aromatic N) is 3. The Labute approximate surface area is 179 Å². The summed E-state index contributed by atoms with van der Waals surface area (Å²) in [5.74, 6) is 0.540. The number of likely N-dealkylation sites (tertiary alicyclic amines) is 1. The second-order valence-electron chi connectivity index (χ2n) is 9.25. The van der Waals surface area contributed by atoms with Gasteiger partial charge in [0.2, 0.25) is 5.91 Å². The van der Waals surface area contributed by atoms with Crippen molar-refractivity contribution in [2.45, 2.75) is 88.7 Å². The molecule has 1 saturated carbocycles. The van der Waals surface area contributed by atoms with Crippen molar-refractivity contribution in [2.75, 3.05) is 26.7 Å². The molecule has 0 unspecified atom stereocenters. The monoisotopic (exact) mass is 416 g/mol. The van der Waals surface area contributed by atoms with E-state index in [2.05, 4.69) is 10.2 Å². The van der Waals surface area contributed by atoms with E-state index in [0.717, 1.165) is 70.3 Å². The average molecular weight is 417 g/mol. The number of aromatic amines is 1. The maximum atomic E-state index is 13.1. The zero-order chi connectivity index (χ0) is 20.9. The topological polar surface area (TPSA) is 78.5 Å². The molecule has 0 aromatic carbocycles. The Bertz CT molecular complexity index is 714. The van der Waals surface area contributed by atoms with E-state index in [-0.39, 0.29) is 23.8 Å². The van der Waals surface area contributed by atoms with Gasteiger partial charge in [-0.15, -0.1) is 0 Å². The largest absolute Gasteiger partial charge is 0.378 e. The predicted octanol–water partition coefficient (Wildman–Crippen LogP) is 3.48. The Kier molecular flexibility index (Phi) is 7.08. The summed E-state index contributed by atoms with van der Waals surface area (Å²) in [6, 6.07) is 0.343. The lowest BCUT2D eigenvalue weighted by Crippen LogP contribution is -2.41. The summed E-state index contributed by atoms with van der Waals surface area (Å²) in [6.07, 6.45) is 13.2. The number of piperidine rings is 1. The Morgan fingerprint density at radius 1 is 1.10 bits per heavy atom. The number of aromatic nitrogens is 2. The van der Waals surface area contributed by atoms with Gasteiger partial charge in [0.1, 0.15) is 0 Å². The molecule has 0 spiro atoms. The van der Waals surface area contributed by atoms with Crippen molar-refractivity contribution in [3.8, 4) is 0 Å². The van der Waals surface area contributed by atoms with Gasteiger partial charge in [-0.25, -0.2) is 0 Å². The zero-order valence-electron chi connectivity index (χ0n) is 18.3. The number of carbonyl (C=O) groups excluding carboxylic acids is 2. The zero-order valence-corrected chi connectivity index (χ0v) is 18.3. The number of carbonyl (C=O) groups is 2. The van der Waals surface area contributed by atoms with Crippen molar-refractivity contribution in [2.24, 2.45) is 0 Å². The van der Waals surface area contributed by atoms with Gasteiger partial charge < -0.3 is 14.5 Å². The van der Waals surface area contributed by atoms with Crippen LogP contribution >= 0.6 is 0 Å². The maximum absolute atomic E-state index is 13.1. The molecule has 1 aromatic rings. The van der Waals surface area contributed by atoms with Crippen molar-refractivity contribution in [1.82, 2.24) is 20.0 Å². The van der Waals surface area contributed by atoms with E-state index in [1.165, 1.54) is 19.3 Å². The summed E-state index contributed by atoms with van der Waals surface area (Å²) in [5, 5.41) is 7.31. The van der Waals surface area contributed by atoms with Gasteiger partial charge in [0.15, 0.2) is 0 Å². The van der Waals surface area contributed by atoms with Gasteiger partial charge in [-0.05, 0) is 44.9 Å². The third kappa shape index (κ3) is 4.88. The molecule has 7 heteroatoms. The summed E-state index contributed by atoms with van der Waals surface area (Å²) in [5.41, 5.74) is 1.66. The van der Waals surface area contributed by atoms with Crippen LogP contribution in [-0.2, 0) is 9.53 Å². The molecule has 166 valence electrons. The minimum absolute atomic E-state index is 0.0820. The molecular weight excluding hydrogens is 380 g/mol. The highest BCUT2D eigenvalue weighted by Crippen LogP contribution is 2.31. The molecule has 1 N–H and O–H groups in total. The lowest BCUT2D eigenvalue weighted by molar-refractivity contribution is -0.136. The maximum Gasteiger partial charge on any atom is 0.257 e. The molecule has 2 aliphatic heterocycles. The molecule has 0 radical (unpaired) electrons. The van der Waals surface area contributed by atoms with Crippen LogP contribution in [0.3, 0.4) is 0 Å². The van der Waals surface area contributed by atoms with Crippen LogP contribution in [0.4, 0.5) is 0 Å².